The van der Waals surface area contributed by atoms with Crippen molar-refractivity contribution in [3.63, 3.8) is 0 Å². The molecule has 0 amide bonds. The lowest BCUT2D eigenvalue weighted by atomic mass is 9.82. The molecule has 0 aliphatic heterocycles. The summed E-state index contributed by atoms with van der Waals surface area (Å²) in [6.07, 6.45) is 11.2. The van der Waals surface area contributed by atoms with E-state index in [-0.39, 0.29) is 5.43 Å². The molecule has 0 bridgehead atoms. The second kappa shape index (κ2) is 7.13. The summed E-state index contributed by atoms with van der Waals surface area (Å²) in [6.45, 7) is 2.26. The van der Waals surface area contributed by atoms with E-state index in [1.165, 1.54) is 50.6 Å². The van der Waals surface area contributed by atoms with Gasteiger partial charge in [0.15, 0.2) is 5.43 Å². The predicted octanol–water partition coefficient (Wildman–Crippen LogP) is 5.31. The molecule has 1 N–H and O–H groups in total. The van der Waals surface area contributed by atoms with Gasteiger partial charge in [0, 0.05) is 22.2 Å². The number of fused-ring (bicyclic) bond motifs is 2. The molecule has 0 radical (unpaired) electrons. The molecule has 1 aliphatic carbocycles. The summed E-state index contributed by atoms with van der Waals surface area (Å²) in [6, 6.07) is 7.94. The van der Waals surface area contributed by atoms with Crippen molar-refractivity contribution in [3.05, 3.63) is 45.7 Å². The van der Waals surface area contributed by atoms with Crippen LogP contribution in [0.1, 0.15) is 75.5 Å². The van der Waals surface area contributed by atoms with Crippen LogP contribution in [0.5, 0.6) is 0 Å². The molecule has 1 atom stereocenters. The third kappa shape index (κ3) is 3.11. The quantitative estimate of drug-likeness (QED) is 0.720. The van der Waals surface area contributed by atoms with Gasteiger partial charge in [0.05, 0.1) is 0 Å². The van der Waals surface area contributed by atoms with Gasteiger partial charge in [-0.2, -0.15) is 0 Å². The van der Waals surface area contributed by atoms with Crippen LogP contribution in [0.3, 0.4) is 0 Å². The summed E-state index contributed by atoms with van der Waals surface area (Å²) >= 11 is 0. The lowest BCUT2D eigenvalue weighted by Crippen LogP contribution is -2.21. The smallest absolute Gasteiger partial charge is 0.192 e. The lowest BCUT2D eigenvalue weighted by molar-refractivity contribution is 0.476. The average molecular weight is 297 g/mol. The number of rotatable bonds is 6. The maximum Gasteiger partial charge on any atom is 0.192 e. The molecule has 1 unspecified atom stereocenters. The molecule has 0 saturated carbocycles. The van der Waals surface area contributed by atoms with Crippen LogP contribution in [-0.4, -0.2) is 4.98 Å². The van der Waals surface area contributed by atoms with Crippen molar-refractivity contribution in [2.24, 2.45) is 0 Å². The van der Waals surface area contributed by atoms with E-state index >= 15 is 0 Å². The van der Waals surface area contributed by atoms with Crippen LogP contribution in [0.25, 0.3) is 10.9 Å². The zero-order valence-corrected chi connectivity index (χ0v) is 13.7. The minimum absolute atomic E-state index is 0.264. The molecule has 1 aromatic heterocycles. The number of hydrogen-bond acceptors (Lipinski definition) is 1. The SMILES string of the molecule is CCCCCCCC1CCCc2c1[nH]c1ccccc1c2=O. The molecule has 3 rings (SSSR count). The highest BCUT2D eigenvalue weighted by atomic mass is 16.1. The fraction of sp³-hybridized carbons (Fsp3) is 0.550. The highest BCUT2D eigenvalue weighted by Gasteiger charge is 2.23. The largest absolute Gasteiger partial charge is 0.358 e. The molecule has 2 nitrogen and oxygen atoms in total. The standard InChI is InChI=1S/C20H27NO/c1-2-3-4-5-6-10-15-11-9-13-17-19(15)21-18-14-8-7-12-16(18)20(17)22/h7-8,12,14-15H,2-6,9-11,13H2,1H3,(H,21,22). The molecule has 118 valence electrons. The fourth-order valence-electron chi connectivity index (χ4n) is 3.84. The normalized spacial score (nSPS) is 17.6. The van der Waals surface area contributed by atoms with Crippen LogP contribution >= 0.6 is 0 Å². The van der Waals surface area contributed by atoms with Gasteiger partial charge < -0.3 is 4.98 Å². The molecular formula is C20H27NO. The number of hydrogen-bond donors (Lipinski definition) is 1. The summed E-state index contributed by atoms with van der Waals surface area (Å²) in [5.41, 5.74) is 3.57. The van der Waals surface area contributed by atoms with Crippen LogP contribution in [0.4, 0.5) is 0 Å². The van der Waals surface area contributed by atoms with Crippen LogP contribution in [0.15, 0.2) is 29.1 Å². The fourth-order valence-corrected chi connectivity index (χ4v) is 3.84. The molecule has 1 aliphatic rings. The van der Waals surface area contributed by atoms with Crippen molar-refractivity contribution in [2.45, 2.75) is 70.6 Å². The zero-order chi connectivity index (χ0) is 15.4. The Balaban J connectivity index is 1.82. The second-order valence-electron chi connectivity index (χ2n) is 6.68. The van der Waals surface area contributed by atoms with Crippen molar-refractivity contribution in [1.82, 2.24) is 4.98 Å². The molecule has 1 aromatic carbocycles. The van der Waals surface area contributed by atoms with E-state index in [1.807, 2.05) is 24.3 Å². The minimum atomic E-state index is 0.264. The van der Waals surface area contributed by atoms with Gasteiger partial charge in [-0.3, -0.25) is 4.79 Å². The Labute approximate surface area is 133 Å². The Morgan fingerprint density at radius 1 is 1.14 bits per heavy atom. The molecule has 0 spiro atoms. The first kappa shape index (κ1) is 15.3. The molecule has 1 heterocycles. The Morgan fingerprint density at radius 3 is 2.82 bits per heavy atom. The van der Waals surface area contributed by atoms with E-state index in [0.29, 0.717) is 5.92 Å². The van der Waals surface area contributed by atoms with Crippen LogP contribution in [0.2, 0.25) is 0 Å². The molecular weight excluding hydrogens is 270 g/mol. The van der Waals surface area contributed by atoms with Gasteiger partial charge >= 0.3 is 0 Å². The number of aromatic nitrogens is 1. The Morgan fingerprint density at radius 2 is 1.95 bits per heavy atom. The zero-order valence-electron chi connectivity index (χ0n) is 13.7. The topological polar surface area (TPSA) is 32.9 Å². The molecule has 2 aromatic rings. The summed E-state index contributed by atoms with van der Waals surface area (Å²) in [7, 11) is 0. The number of pyridine rings is 1. The first-order chi connectivity index (χ1) is 10.8. The van der Waals surface area contributed by atoms with Gasteiger partial charge in [-0.05, 0) is 43.7 Å². The van der Waals surface area contributed by atoms with Crippen molar-refractivity contribution < 1.29 is 0 Å². The molecule has 2 heteroatoms. The highest BCUT2D eigenvalue weighted by Crippen LogP contribution is 2.33. The van der Waals surface area contributed by atoms with Crippen molar-refractivity contribution in [1.29, 1.82) is 0 Å². The monoisotopic (exact) mass is 297 g/mol. The van der Waals surface area contributed by atoms with Crippen LogP contribution < -0.4 is 5.43 Å². The maximum atomic E-state index is 12.7. The first-order valence-electron chi connectivity index (χ1n) is 8.95. The van der Waals surface area contributed by atoms with E-state index in [4.69, 9.17) is 0 Å². The van der Waals surface area contributed by atoms with Crippen LogP contribution in [0, 0.1) is 0 Å². The summed E-state index contributed by atoms with van der Waals surface area (Å²) < 4.78 is 0. The highest BCUT2D eigenvalue weighted by molar-refractivity contribution is 5.79. The van der Waals surface area contributed by atoms with Crippen molar-refractivity contribution in [2.75, 3.05) is 0 Å². The van der Waals surface area contributed by atoms with Gasteiger partial charge in [-0.15, -0.1) is 0 Å². The number of para-hydroxylation sites is 1. The summed E-state index contributed by atoms with van der Waals surface area (Å²) in [5.74, 6) is 0.558. The molecule has 0 saturated heterocycles. The van der Waals surface area contributed by atoms with E-state index in [1.54, 1.807) is 0 Å². The van der Waals surface area contributed by atoms with Gasteiger partial charge in [0.2, 0.25) is 0 Å². The Kier molecular flexibility index (Phi) is 4.97. The molecule has 22 heavy (non-hydrogen) atoms. The lowest BCUT2D eigenvalue weighted by Gasteiger charge is -2.25. The molecule has 0 fully saturated rings. The van der Waals surface area contributed by atoms with Gasteiger partial charge in [0.1, 0.15) is 0 Å². The third-order valence-electron chi connectivity index (χ3n) is 5.08. The number of aromatic amines is 1. The predicted molar refractivity (Wildman–Crippen MR) is 93.6 cm³/mol. The van der Waals surface area contributed by atoms with Crippen LogP contribution in [-0.2, 0) is 6.42 Å². The van der Waals surface area contributed by atoms with Gasteiger partial charge in [-0.25, -0.2) is 0 Å². The average Bonchev–Trinajstić information content (AvgIpc) is 2.55. The maximum absolute atomic E-state index is 12.7. The van der Waals surface area contributed by atoms with Gasteiger partial charge in [0.25, 0.3) is 0 Å². The Hall–Kier alpha value is -1.57. The summed E-state index contributed by atoms with van der Waals surface area (Å²) in [4.78, 5) is 16.3. The van der Waals surface area contributed by atoms with Crippen molar-refractivity contribution in [3.8, 4) is 0 Å². The first-order valence-corrected chi connectivity index (χ1v) is 8.95. The van der Waals surface area contributed by atoms with E-state index in [0.717, 1.165) is 29.3 Å². The van der Waals surface area contributed by atoms with Crippen molar-refractivity contribution >= 4 is 10.9 Å². The van der Waals surface area contributed by atoms with E-state index in [2.05, 4.69) is 11.9 Å². The number of unbranched alkanes of at least 4 members (excludes halogenated alkanes) is 4. The minimum Gasteiger partial charge on any atom is -0.358 e. The summed E-state index contributed by atoms with van der Waals surface area (Å²) in [5, 5.41) is 0.852. The third-order valence-corrected chi connectivity index (χ3v) is 5.08. The van der Waals surface area contributed by atoms with E-state index in [9.17, 15) is 4.79 Å². The number of H-pyrrole nitrogens is 1. The van der Waals surface area contributed by atoms with E-state index < -0.39 is 0 Å². The Bertz CT molecular complexity index is 686. The second-order valence-corrected chi connectivity index (χ2v) is 6.68. The number of nitrogens with one attached hydrogen (secondary N) is 1. The number of benzene rings is 1. The van der Waals surface area contributed by atoms with Gasteiger partial charge in [-0.1, -0.05) is 51.2 Å².